The second-order valence-electron chi connectivity index (χ2n) is 7.08. The number of hydrogen-bond acceptors (Lipinski definition) is 9. The molecule has 6 heterocycles. The summed E-state index contributed by atoms with van der Waals surface area (Å²) in [7, 11) is 0. The summed E-state index contributed by atoms with van der Waals surface area (Å²) >= 11 is 8.07. The summed E-state index contributed by atoms with van der Waals surface area (Å²) in [5, 5.41) is 0. The second-order valence-corrected chi connectivity index (χ2v) is 12.5. The van der Waals surface area contributed by atoms with Gasteiger partial charge in [0.2, 0.25) is 0 Å². The van der Waals surface area contributed by atoms with Crippen molar-refractivity contribution in [2.45, 2.75) is 0 Å². The Morgan fingerprint density at radius 3 is 1.33 bits per heavy atom. The minimum Gasteiger partial charge on any atom is -0.485 e. The Bertz CT molecular complexity index is 1370. The first-order chi connectivity index (χ1) is 16.2. The number of hydrogen-bond donors (Lipinski definition) is 0. The van der Waals surface area contributed by atoms with E-state index in [9.17, 15) is 9.59 Å². The molecule has 0 bridgehead atoms. The highest BCUT2D eigenvalue weighted by Gasteiger charge is 2.28. The number of thiophene rings is 5. The lowest BCUT2D eigenvalue weighted by molar-refractivity contribution is 0.111. The van der Waals surface area contributed by atoms with E-state index in [1.54, 1.807) is 34.0 Å². The predicted molar refractivity (Wildman–Crippen MR) is 139 cm³/mol. The van der Waals surface area contributed by atoms with E-state index in [0.29, 0.717) is 13.2 Å². The van der Waals surface area contributed by atoms with Crippen molar-refractivity contribution in [3.63, 3.8) is 0 Å². The summed E-state index contributed by atoms with van der Waals surface area (Å²) in [6, 6.07) is 16.1. The van der Waals surface area contributed by atoms with Crippen molar-refractivity contribution in [2.24, 2.45) is 0 Å². The van der Waals surface area contributed by atoms with Gasteiger partial charge < -0.3 is 9.47 Å². The van der Waals surface area contributed by atoms with Crippen molar-refractivity contribution in [3.8, 4) is 50.5 Å². The maximum atomic E-state index is 11.1. The molecule has 0 fully saturated rings. The average molecular weight is 527 g/mol. The van der Waals surface area contributed by atoms with Crippen molar-refractivity contribution in [1.29, 1.82) is 0 Å². The highest BCUT2D eigenvalue weighted by molar-refractivity contribution is 7.30. The molecule has 9 heteroatoms. The first-order valence-corrected chi connectivity index (χ1v) is 14.1. The van der Waals surface area contributed by atoms with Crippen molar-refractivity contribution in [3.05, 3.63) is 58.3 Å². The molecule has 0 unspecified atom stereocenters. The lowest BCUT2D eigenvalue weighted by Crippen LogP contribution is -2.14. The van der Waals surface area contributed by atoms with Gasteiger partial charge >= 0.3 is 0 Å². The van der Waals surface area contributed by atoms with Crippen LogP contribution in [0.3, 0.4) is 0 Å². The van der Waals surface area contributed by atoms with Gasteiger partial charge in [0, 0.05) is 29.3 Å². The molecule has 1 aliphatic heterocycles. The summed E-state index contributed by atoms with van der Waals surface area (Å²) in [6.07, 6.45) is 1.78. The zero-order chi connectivity index (χ0) is 22.4. The number of carbonyl (C=O) groups excluding carboxylic acids is 2. The van der Waals surface area contributed by atoms with Crippen LogP contribution >= 0.6 is 56.7 Å². The third-order valence-electron chi connectivity index (χ3n) is 5.03. The van der Waals surface area contributed by atoms with Crippen LogP contribution in [0.15, 0.2) is 48.5 Å². The van der Waals surface area contributed by atoms with Gasteiger partial charge in [0.05, 0.1) is 19.5 Å². The molecule has 4 nitrogen and oxygen atoms in total. The summed E-state index contributed by atoms with van der Waals surface area (Å²) in [4.78, 5) is 32.4. The average Bonchev–Trinajstić information content (AvgIpc) is 3.66. The molecular weight excluding hydrogens is 513 g/mol. The molecule has 0 spiro atoms. The Morgan fingerprint density at radius 1 is 0.515 bits per heavy atom. The van der Waals surface area contributed by atoms with Crippen molar-refractivity contribution in [2.75, 3.05) is 13.2 Å². The fourth-order valence-corrected chi connectivity index (χ4v) is 8.80. The molecule has 5 aromatic heterocycles. The molecule has 6 rings (SSSR count). The van der Waals surface area contributed by atoms with Crippen LogP contribution in [-0.2, 0) is 0 Å². The van der Waals surface area contributed by atoms with E-state index in [1.165, 1.54) is 22.7 Å². The lowest BCUT2D eigenvalue weighted by atomic mass is 10.2. The molecule has 5 aromatic rings. The molecule has 164 valence electrons. The minimum atomic E-state index is 0.529. The second kappa shape index (κ2) is 8.66. The SMILES string of the molecule is O=Cc1ccc(-c2ccc(-c3sc(-c4ccc(-c5ccc(C=O)s5)s4)c4c3OCCO4)s2)s1. The number of ether oxygens (including phenoxy) is 2. The zero-order valence-electron chi connectivity index (χ0n) is 16.9. The van der Waals surface area contributed by atoms with E-state index in [4.69, 9.17) is 9.47 Å². The van der Waals surface area contributed by atoms with Gasteiger partial charge in [-0.2, -0.15) is 0 Å². The zero-order valence-corrected chi connectivity index (χ0v) is 20.9. The number of fused-ring (bicyclic) bond motifs is 1. The Labute approximate surface area is 209 Å². The van der Waals surface area contributed by atoms with Crippen LogP contribution in [0, 0.1) is 0 Å². The smallest absolute Gasteiger partial charge is 0.181 e. The van der Waals surface area contributed by atoms with E-state index >= 15 is 0 Å². The Kier molecular flexibility index (Phi) is 5.51. The van der Waals surface area contributed by atoms with Crippen LogP contribution in [0.25, 0.3) is 39.0 Å². The molecule has 0 amide bonds. The van der Waals surface area contributed by atoms with Gasteiger partial charge in [0.25, 0.3) is 0 Å². The number of carbonyl (C=O) groups is 2. The molecule has 1 aliphatic rings. The Hall–Kier alpha value is -2.56. The van der Waals surface area contributed by atoms with Gasteiger partial charge in [-0.05, 0) is 48.5 Å². The Balaban J connectivity index is 1.39. The van der Waals surface area contributed by atoms with Crippen LogP contribution in [-0.4, -0.2) is 25.8 Å². The molecule has 0 N–H and O–H groups in total. The third-order valence-corrected chi connectivity index (χ3v) is 11.1. The first-order valence-electron chi connectivity index (χ1n) is 9.97. The van der Waals surface area contributed by atoms with Gasteiger partial charge in [-0.1, -0.05) is 0 Å². The van der Waals surface area contributed by atoms with Gasteiger partial charge in [0.1, 0.15) is 13.2 Å². The normalized spacial score (nSPS) is 12.7. The topological polar surface area (TPSA) is 52.6 Å². The van der Waals surface area contributed by atoms with Gasteiger partial charge in [-0.25, -0.2) is 0 Å². The molecule has 0 radical (unpaired) electrons. The van der Waals surface area contributed by atoms with Crippen LogP contribution in [0.2, 0.25) is 0 Å². The van der Waals surface area contributed by atoms with Crippen molar-refractivity contribution in [1.82, 2.24) is 0 Å². The summed E-state index contributed by atoms with van der Waals surface area (Å²) in [5.74, 6) is 1.62. The standard InChI is InChI=1S/C24H14O4S5/c25-11-13-1-3-15(29-13)17-5-7-19(31-17)23-21-22(28-10-9-27-21)24(33-23)20-8-6-18(32-20)16-4-2-14(12-26)30-16/h1-8,11-12H,9-10H2. The van der Waals surface area contributed by atoms with E-state index in [0.717, 1.165) is 72.8 Å². The molecule has 0 saturated heterocycles. The van der Waals surface area contributed by atoms with Gasteiger partial charge in [0.15, 0.2) is 24.1 Å². The molecule has 0 aliphatic carbocycles. The van der Waals surface area contributed by atoms with Gasteiger partial charge in [-0.15, -0.1) is 56.7 Å². The molecule has 33 heavy (non-hydrogen) atoms. The van der Waals surface area contributed by atoms with Crippen molar-refractivity contribution < 1.29 is 19.1 Å². The largest absolute Gasteiger partial charge is 0.485 e. The maximum absolute atomic E-state index is 11.1. The lowest BCUT2D eigenvalue weighted by Gasteiger charge is -2.16. The quantitative estimate of drug-likeness (QED) is 0.210. The Morgan fingerprint density at radius 2 is 0.909 bits per heavy atom. The van der Waals surface area contributed by atoms with E-state index < -0.39 is 0 Å². The third kappa shape index (κ3) is 3.79. The molecular formula is C24H14O4S5. The summed E-state index contributed by atoms with van der Waals surface area (Å²) in [6.45, 7) is 1.06. The van der Waals surface area contributed by atoms with Crippen LogP contribution < -0.4 is 9.47 Å². The van der Waals surface area contributed by atoms with E-state index in [2.05, 4.69) is 24.3 Å². The highest BCUT2D eigenvalue weighted by Crippen LogP contribution is 2.56. The molecule has 0 saturated carbocycles. The minimum absolute atomic E-state index is 0.529. The highest BCUT2D eigenvalue weighted by atomic mass is 32.1. The monoisotopic (exact) mass is 526 g/mol. The van der Waals surface area contributed by atoms with Crippen LogP contribution in [0.5, 0.6) is 11.5 Å². The fourth-order valence-electron chi connectivity index (χ4n) is 3.56. The van der Waals surface area contributed by atoms with Crippen LogP contribution in [0.4, 0.5) is 0 Å². The molecule has 0 aromatic carbocycles. The maximum Gasteiger partial charge on any atom is 0.181 e. The molecule has 0 atom stereocenters. The van der Waals surface area contributed by atoms with Gasteiger partial charge in [-0.3, -0.25) is 9.59 Å². The number of aldehydes is 2. The summed E-state index contributed by atoms with van der Waals surface area (Å²) in [5.41, 5.74) is 0. The fraction of sp³-hybridized carbons (Fsp3) is 0.0833. The first kappa shape index (κ1) is 21.0. The summed E-state index contributed by atoms with van der Waals surface area (Å²) < 4.78 is 12.1. The van der Waals surface area contributed by atoms with Crippen LogP contribution in [0.1, 0.15) is 19.3 Å². The van der Waals surface area contributed by atoms with E-state index in [-0.39, 0.29) is 0 Å². The van der Waals surface area contributed by atoms with E-state index in [1.807, 2.05) is 24.3 Å². The van der Waals surface area contributed by atoms with Crippen molar-refractivity contribution >= 4 is 69.3 Å². The number of rotatable bonds is 6. The predicted octanol–water partition coefficient (Wildman–Crippen LogP) is 8.06.